The van der Waals surface area contributed by atoms with Gasteiger partial charge in [0.05, 0.1) is 5.41 Å². The summed E-state index contributed by atoms with van der Waals surface area (Å²) in [6, 6.07) is -0.560. The summed E-state index contributed by atoms with van der Waals surface area (Å²) in [4.78, 5) is 11.2. The van der Waals surface area contributed by atoms with Crippen molar-refractivity contribution in [1.82, 2.24) is 9.44 Å². The summed E-state index contributed by atoms with van der Waals surface area (Å²) in [6.07, 6.45) is 1.75. The van der Waals surface area contributed by atoms with Crippen LogP contribution in [0.5, 0.6) is 0 Å². The Morgan fingerprint density at radius 3 is 2.39 bits per heavy atom. The minimum atomic E-state index is -3.69. The van der Waals surface area contributed by atoms with E-state index < -0.39 is 33.2 Å². The number of rotatable bonds is 4. The van der Waals surface area contributed by atoms with Crippen LogP contribution in [0.15, 0.2) is 0 Å². The standard InChI is InChI=1S/C11H22N2O4S/c1-10(2,3)13-18(16,17)12-8-6-5-7-11(8,4)9(14)15/h8,12-13H,5-7H2,1-4H3,(H,14,15). The fraction of sp³-hybridized carbons (Fsp3) is 0.909. The highest BCUT2D eigenvalue weighted by atomic mass is 32.2. The maximum absolute atomic E-state index is 11.9. The Labute approximate surface area is 108 Å². The van der Waals surface area contributed by atoms with E-state index in [1.54, 1.807) is 27.7 Å². The second kappa shape index (κ2) is 4.79. The summed E-state index contributed by atoms with van der Waals surface area (Å²) < 4.78 is 28.7. The first kappa shape index (κ1) is 15.4. The van der Waals surface area contributed by atoms with E-state index in [1.165, 1.54) is 0 Å². The Bertz CT molecular complexity index is 427. The summed E-state index contributed by atoms with van der Waals surface area (Å²) in [5.74, 6) is -0.955. The number of nitrogens with one attached hydrogen (secondary N) is 2. The molecule has 0 spiro atoms. The summed E-state index contributed by atoms with van der Waals surface area (Å²) in [7, 11) is -3.69. The fourth-order valence-electron chi connectivity index (χ4n) is 2.23. The van der Waals surface area contributed by atoms with Crippen molar-refractivity contribution in [2.24, 2.45) is 5.41 Å². The van der Waals surface area contributed by atoms with Gasteiger partial charge < -0.3 is 5.11 Å². The van der Waals surface area contributed by atoms with Crippen LogP contribution in [0.1, 0.15) is 47.0 Å². The molecule has 2 atom stereocenters. The van der Waals surface area contributed by atoms with Crippen molar-refractivity contribution in [3.63, 3.8) is 0 Å². The molecule has 1 aliphatic rings. The number of aliphatic carboxylic acids is 1. The van der Waals surface area contributed by atoms with Crippen LogP contribution < -0.4 is 9.44 Å². The van der Waals surface area contributed by atoms with Crippen LogP contribution in [-0.2, 0) is 15.0 Å². The molecule has 0 amide bonds. The minimum Gasteiger partial charge on any atom is -0.481 e. The van der Waals surface area contributed by atoms with E-state index in [-0.39, 0.29) is 0 Å². The molecule has 1 rings (SSSR count). The predicted molar refractivity (Wildman–Crippen MR) is 68.3 cm³/mol. The van der Waals surface area contributed by atoms with Gasteiger partial charge in [-0.3, -0.25) is 4.79 Å². The van der Waals surface area contributed by atoms with E-state index in [0.717, 1.165) is 0 Å². The third-order valence-electron chi connectivity index (χ3n) is 3.18. The SMILES string of the molecule is CC(C)(C)NS(=O)(=O)NC1CCCC1(C)C(=O)O. The lowest BCUT2D eigenvalue weighted by Gasteiger charge is -2.29. The van der Waals surface area contributed by atoms with Gasteiger partial charge in [0.15, 0.2) is 0 Å². The zero-order valence-electron chi connectivity index (χ0n) is 11.3. The van der Waals surface area contributed by atoms with Crippen LogP contribution in [-0.4, -0.2) is 31.1 Å². The Hall–Kier alpha value is -0.660. The molecule has 18 heavy (non-hydrogen) atoms. The number of hydrogen-bond donors (Lipinski definition) is 3. The van der Waals surface area contributed by atoms with Gasteiger partial charge in [-0.25, -0.2) is 0 Å². The van der Waals surface area contributed by atoms with Crippen molar-refractivity contribution in [2.45, 2.75) is 58.5 Å². The molecule has 3 N–H and O–H groups in total. The van der Waals surface area contributed by atoms with E-state index in [9.17, 15) is 18.3 Å². The van der Waals surface area contributed by atoms with Crippen molar-refractivity contribution in [3.8, 4) is 0 Å². The lowest BCUT2D eigenvalue weighted by molar-refractivity contribution is -0.148. The van der Waals surface area contributed by atoms with Gasteiger partial charge in [-0.05, 0) is 40.5 Å². The zero-order chi connectivity index (χ0) is 14.2. The molecule has 106 valence electrons. The predicted octanol–water partition coefficient (Wildman–Crippen LogP) is 0.852. The highest BCUT2D eigenvalue weighted by molar-refractivity contribution is 7.87. The molecule has 0 saturated heterocycles. The second-order valence-electron chi connectivity index (χ2n) is 6.14. The van der Waals surface area contributed by atoms with Crippen molar-refractivity contribution >= 4 is 16.2 Å². The molecule has 6 nitrogen and oxygen atoms in total. The van der Waals surface area contributed by atoms with Crippen molar-refractivity contribution in [2.75, 3.05) is 0 Å². The molecule has 1 saturated carbocycles. The number of carboxylic acid groups (broad SMARTS) is 1. The van der Waals surface area contributed by atoms with E-state index in [2.05, 4.69) is 9.44 Å². The van der Waals surface area contributed by atoms with Crippen LogP contribution in [0.2, 0.25) is 0 Å². The zero-order valence-corrected chi connectivity index (χ0v) is 12.1. The highest BCUT2D eigenvalue weighted by Crippen LogP contribution is 2.38. The molecule has 0 bridgehead atoms. The second-order valence-corrected chi connectivity index (χ2v) is 7.59. The summed E-state index contributed by atoms with van der Waals surface area (Å²) in [5.41, 5.74) is -1.61. The number of carboxylic acids is 1. The van der Waals surface area contributed by atoms with Gasteiger partial charge in [0, 0.05) is 11.6 Å². The van der Waals surface area contributed by atoms with E-state index >= 15 is 0 Å². The molecule has 2 unspecified atom stereocenters. The average Bonchev–Trinajstić information content (AvgIpc) is 2.43. The van der Waals surface area contributed by atoms with Crippen LogP contribution in [0.25, 0.3) is 0 Å². The molecule has 0 aliphatic heterocycles. The van der Waals surface area contributed by atoms with Crippen molar-refractivity contribution in [1.29, 1.82) is 0 Å². The molecule has 7 heteroatoms. The molecular formula is C11H22N2O4S. The quantitative estimate of drug-likeness (QED) is 0.710. The lowest BCUT2D eigenvalue weighted by Crippen LogP contribution is -2.54. The molecule has 0 radical (unpaired) electrons. The monoisotopic (exact) mass is 278 g/mol. The molecule has 0 aromatic rings. The minimum absolute atomic E-state index is 0.491. The smallest absolute Gasteiger partial charge is 0.310 e. The molecule has 1 aliphatic carbocycles. The largest absolute Gasteiger partial charge is 0.481 e. The van der Waals surface area contributed by atoms with Crippen molar-refractivity contribution < 1.29 is 18.3 Å². The first-order chi connectivity index (χ1) is 7.96. The summed E-state index contributed by atoms with van der Waals surface area (Å²) in [6.45, 7) is 6.79. The van der Waals surface area contributed by atoms with Crippen molar-refractivity contribution in [3.05, 3.63) is 0 Å². The fourth-order valence-corrected chi connectivity index (χ4v) is 3.85. The Morgan fingerprint density at radius 1 is 1.39 bits per heavy atom. The van der Waals surface area contributed by atoms with E-state index in [1.807, 2.05) is 0 Å². The normalized spacial score (nSPS) is 29.4. The van der Waals surface area contributed by atoms with Crippen LogP contribution in [0.4, 0.5) is 0 Å². The summed E-state index contributed by atoms with van der Waals surface area (Å²) >= 11 is 0. The number of hydrogen-bond acceptors (Lipinski definition) is 3. The third-order valence-corrected chi connectivity index (χ3v) is 4.66. The van der Waals surface area contributed by atoms with Gasteiger partial charge in [-0.2, -0.15) is 17.9 Å². The van der Waals surface area contributed by atoms with Gasteiger partial charge in [-0.1, -0.05) is 6.42 Å². The average molecular weight is 278 g/mol. The van der Waals surface area contributed by atoms with Gasteiger partial charge in [0.25, 0.3) is 10.2 Å². The molecule has 1 fully saturated rings. The van der Waals surface area contributed by atoms with Gasteiger partial charge in [0.1, 0.15) is 0 Å². The molecule has 0 aromatic heterocycles. The molecule has 0 heterocycles. The maximum Gasteiger partial charge on any atom is 0.310 e. The van der Waals surface area contributed by atoms with Crippen LogP contribution in [0.3, 0.4) is 0 Å². The lowest BCUT2D eigenvalue weighted by atomic mass is 9.85. The highest BCUT2D eigenvalue weighted by Gasteiger charge is 2.46. The van der Waals surface area contributed by atoms with Gasteiger partial charge >= 0.3 is 5.97 Å². The molecular weight excluding hydrogens is 256 g/mol. The Morgan fingerprint density at radius 2 is 1.94 bits per heavy atom. The van der Waals surface area contributed by atoms with Crippen LogP contribution in [0, 0.1) is 5.41 Å². The van der Waals surface area contributed by atoms with E-state index in [4.69, 9.17) is 0 Å². The van der Waals surface area contributed by atoms with Gasteiger partial charge in [0.2, 0.25) is 0 Å². The molecule has 0 aromatic carbocycles. The van der Waals surface area contributed by atoms with Crippen LogP contribution >= 0.6 is 0 Å². The van der Waals surface area contributed by atoms with E-state index in [0.29, 0.717) is 19.3 Å². The summed E-state index contributed by atoms with van der Waals surface area (Å²) in [5, 5.41) is 9.22. The van der Waals surface area contributed by atoms with Gasteiger partial charge in [-0.15, -0.1) is 0 Å². The Balaban J connectivity index is 2.82. The first-order valence-corrected chi connectivity index (χ1v) is 7.49. The first-order valence-electron chi connectivity index (χ1n) is 6.01. The maximum atomic E-state index is 11.9. The third kappa shape index (κ3) is 3.66. The number of carbonyl (C=O) groups is 1. The Kier molecular flexibility index (Phi) is 4.10. The topological polar surface area (TPSA) is 95.5 Å².